The molecule has 0 bridgehead atoms. The Hall–Kier alpha value is -2.96. The van der Waals surface area contributed by atoms with Crippen LogP contribution in [0.25, 0.3) is 0 Å². The van der Waals surface area contributed by atoms with Gasteiger partial charge in [-0.2, -0.15) is 5.26 Å². The zero-order valence-corrected chi connectivity index (χ0v) is 18.2. The summed E-state index contributed by atoms with van der Waals surface area (Å²) in [6.45, 7) is 3.51. The number of aliphatic hydroxyl groups is 1. The van der Waals surface area contributed by atoms with Crippen molar-refractivity contribution in [2.45, 2.75) is 57.3 Å². The Morgan fingerprint density at radius 3 is 2.35 bits per heavy atom. The number of primary amides is 1. The molecular weight excluding hydrogens is 398 g/mol. The molecule has 1 aromatic carbocycles. The maximum atomic E-state index is 12.9. The number of nitrogens with two attached hydrogens (primary N) is 1. The first-order chi connectivity index (χ1) is 14.6. The molecule has 0 unspecified atom stereocenters. The van der Waals surface area contributed by atoms with E-state index in [1.165, 1.54) is 4.90 Å². The maximum Gasteiger partial charge on any atom is 0.243 e. The van der Waals surface area contributed by atoms with Crippen LogP contribution in [-0.2, 0) is 20.8 Å². The lowest BCUT2D eigenvalue weighted by molar-refractivity contribution is -0.141. The summed E-state index contributed by atoms with van der Waals surface area (Å²) in [6.07, 6.45) is 1.44. The van der Waals surface area contributed by atoms with Gasteiger partial charge in [0.05, 0.1) is 23.8 Å². The van der Waals surface area contributed by atoms with Crippen molar-refractivity contribution in [2.75, 3.05) is 13.6 Å². The minimum absolute atomic E-state index is 0.178. The van der Waals surface area contributed by atoms with E-state index < -0.39 is 36.0 Å². The summed E-state index contributed by atoms with van der Waals surface area (Å²) in [5, 5.41) is 24.1. The number of amides is 3. The van der Waals surface area contributed by atoms with Crippen LogP contribution in [0.5, 0.6) is 0 Å². The summed E-state index contributed by atoms with van der Waals surface area (Å²) in [6, 6.07) is 6.46. The predicted octanol–water partition coefficient (Wildman–Crippen LogP) is -0.333. The number of carbonyl (C=O) groups excluding carboxylic acids is 3. The summed E-state index contributed by atoms with van der Waals surface area (Å²) in [5.74, 6) is -1.21. The largest absolute Gasteiger partial charge is 0.392 e. The number of hydrogen-bond acceptors (Lipinski definition) is 6. The zero-order valence-electron chi connectivity index (χ0n) is 18.2. The lowest BCUT2D eigenvalue weighted by Gasteiger charge is -2.30. The van der Waals surface area contributed by atoms with E-state index in [1.807, 2.05) is 6.07 Å². The first kappa shape index (κ1) is 24.3. The Bertz CT molecular complexity index is 829. The van der Waals surface area contributed by atoms with E-state index in [-0.39, 0.29) is 24.8 Å². The summed E-state index contributed by atoms with van der Waals surface area (Å²) in [5.41, 5.74) is 6.71. The SMILES string of the molecule is C[C@H](C(=O)N[C@H](Cc1ccc(C#N)cc1)C(N)=O)N(C)C(=O)[C@@H](NC[C@@H](C)O)C1CC1. The molecule has 5 N–H and O–H groups in total. The fraction of sp³-hybridized carbons (Fsp3) is 0.545. The van der Waals surface area contributed by atoms with Gasteiger partial charge in [0.2, 0.25) is 17.7 Å². The highest BCUT2D eigenvalue weighted by molar-refractivity contribution is 5.92. The second-order valence-corrected chi connectivity index (χ2v) is 8.17. The molecule has 0 aliphatic heterocycles. The minimum Gasteiger partial charge on any atom is -0.392 e. The van der Waals surface area contributed by atoms with Gasteiger partial charge in [-0.1, -0.05) is 12.1 Å². The number of benzene rings is 1. The molecule has 1 saturated carbocycles. The molecule has 0 heterocycles. The number of nitriles is 1. The molecule has 9 heteroatoms. The van der Waals surface area contributed by atoms with Crippen molar-refractivity contribution in [2.24, 2.45) is 11.7 Å². The van der Waals surface area contributed by atoms with Crippen molar-refractivity contribution in [3.05, 3.63) is 35.4 Å². The topological polar surface area (TPSA) is 149 Å². The Balaban J connectivity index is 2.00. The Morgan fingerprint density at radius 1 is 1.26 bits per heavy atom. The summed E-state index contributed by atoms with van der Waals surface area (Å²) < 4.78 is 0. The average molecular weight is 430 g/mol. The fourth-order valence-corrected chi connectivity index (χ4v) is 3.23. The van der Waals surface area contributed by atoms with Crippen LogP contribution in [0.15, 0.2) is 24.3 Å². The Kier molecular flexibility index (Phi) is 8.54. The number of rotatable bonds is 11. The molecule has 4 atom stereocenters. The van der Waals surface area contributed by atoms with Crippen molar-refractivity contribution >= 4 is 17.7 Å². The summed E-state index contributed by atoms with van der Waals surface area (Å²) >= 11 is 0. The quantitative estimate of drug-likeness (QED) is 0.378. The van der Waals surface area contributed by atoms with Gasteiger partial charge in [-0.25, -0.2) is 0 Å². The Morgan fingerprint density at radius 2 is 1.87 bits per heavy atom. The number of carbonyl (C=O) groups is 3. The monoisotopic (exact) mass is 429 g/mol. The fourth-order valence-electron chi connectivity index (χ4n) is 3.23. The molecule has 31 heavy (non-hydrogen) atoms. The number of nitrogens with one attached hydrogen (secondary N) is 2. The molecule has 0 saturated heterocycles. The summed E-state index contributed by atoms with van der Waals surface area (Å²) in [4.78, 5) is 38.9. The zero-order chi connectivity index (χ0) is 23.1. The van der Waals surface area contributed by atoms with Gasteiger partial charge in [-0.15, -0.1) is 0 Å². The Labute approximate surface area is 182 Å². The van der Waals surface area contributed by atoms with Gasteiger partial charge in [0.25, 0.3) is 0 Å². The van der Waals surface area contributed by atoms with E-state index >= 15 is 0 Å². The number of likely N-dealkylation sites (N-methyl/N-ethyl adjacent to an activating group) is 1. The van der Waals surface area contributed by atoms with Crippen LogP contribution in [0.2, 0.25) is 0 Å². The van der Waals surface area contributed by atoms with Gasteiger partial charge < -0.3 is 26.4 Å². The molecule has 9 nitrogen and oxygen atoms in total. The average Bonchev–Trinajstić information content (AvgIpc) is 3.57. The normalized spacial score (nSPS) is 17.0. The highest BCUT2D eigenvalue weighted by Crippen LogP contribution is 2.33. The number of nitrogens with zero attached hydrogens (tertiary/aromatic N) is 2. The standard InChI is InChI=1S/C22H31N5O4/c1-13(28)12-25-19(17-8-9-17)22(31)27(3)14(2)21(30)26-18(20(24)29)10-15-4-6-16(11-23)7-5-15/h4-7,13-14,17-19,25,28H,8-10,12H2,1-3H3,(H2,24,29)(H,26,30)/t13-,14-,18-,19+/m1/s1. The van der Waals surface area contributed by atoms with Crippen LogP contribution >= 0.6 is 0 Å². The molecule has 168 valence electrons. The van der Waals surface area contributed by atoms with Crippen molar-refractivity contribution in [1.82, 2.24) is 15.5 Å². The van der Waals surface area contributed by atoms with E-state index in [4.69, 9.17) is 11.0 Å². The molecule has 1 aliphatic rings. The molecule has 2 rings (SSSR count). The third-order valence-corrected chi connectivity index (χ3v) is 5.48. The van der Waals surface area contributed by atoms with Gasteiger partial charge in [0.1, 0.15) is 12.1 Å². The van der Waals surface area contributed by atoms with Crippen molar-refractivity contribution in [3.8, 4) is 6.07 Å². The van der Waals surface area contributed by atoms with Gasteiger partial charge in [0, 0.05) is 20.0 Å². The van der Waals surface area contributed by atoms with E-state index in [0.717, 1.165) is 18.4 Å². The number of aliphatic hydroxyl groups excluding tert-OH is 1. The van der Waals surface area contributed by atoms with Crippen LogP contribution in [0, 0.1) is 17.2 Å². The van der Waals surface area contributed by atoms with Crippen LogP contribution in [0.3, 0.4) is 0 Å². The van der Waals surface area contributed by atoms with Crippen molar-refractivity contribution < 1.29 is 19.5 Å². The van der Waals surface area contributed by atoms with Crippen LogP contribution in [0.4, 0.5) is 0 Å². The molecule has 1 aliphatic carbocycles. The molecule has 3 amide bonds. The second kappa shape index (κ2) is 10.9. The smallest absolute Gasteiger partial charge is 0.243 e. The number of hydrogen-bond donors (Lipinski definition) is 4. The third kappa shape index (κ3) is 7.05. The molecule has 0 radical (unpaired) electrons. The maximum absolute atomic E-state index is 12.9. The van der Waals surface area contributed by atoms with E-state index in [9.17, 15) is 19.5 Å². The van der Waals surface area contributed by atoms with E-state index in [2.05, 4.69) is 10.6 Å². The van der Waals surface area contributed by atoms with Crippen LogP contribution in [0.1, 0.15) is 37.8 Å². The van der Waals surface area contributed by atoms with E-state index in [1.54, 1.807) is 45.2 Å². The lowest BCUT2D eigenvalue weighted by atomic mass is 10.0. The third-order valence-electron chi connectivity index (χ3n) is 5.48. The lowest BCUT2D eigenvalue weighted by Crippen LogP contribution is -2.56. The van der Waals surface area contributed by atoms with E-state index in [0.29, 0.717) is 5.56 Å². The molecular formula is C22H31N5O4. The molecule has 1 fully saturated rings. The second-order valence-electron chi connectivity index (χ2n) is 8.17. The minimum atomic E-state index is -0.945. The van der Waals surface area contributed by atoms with Gasteiger partial charge in [-0.05, 0) is 50.3 Å². The molecule has 0 aromatic heterocycles. The van der Waals surface area contributed by atoms with Crippen LogP contribution < -0.4 is 16.4 Å². The highest BCUT2D eigenvalue weighted by Gasteiger charge is 2.39. The van der Waals surface area contributed by atoms with Gasteiger partial charge >= 0.3 is 0 Å². The summed E-state index contributed by atoms with van der Waals surface area (Å²) in [7, 11) is 1.55. The molecule has 0 spiro atoms. The van der Waals surface area contributed by atoms with Crippen molar-refractivity contribution in [1.29, 1.82) is 5.26 Å². The van der Waals surface area contributed by atoms with Gasteiger partial charge in [0.15, 0.2) is 0 Å². The van der Waals surface area contributed by atoms with Gasteiger partial charge in [-0.3, -0.25) is 14.4 Å². The highest BCUT2D eigenvalue weighted by atomic mass is 16.3. The van der Waals surface area contributed by atoms with Crippen molar-refractivity contribution in [3.63, 3.8) is 0 Å². The first-order valence-corrected chi connectivity index (χ1v) is 10.4. The van der Waals surface area contributed by atoms with Crippen LogP contribution in [-0.4, -0.2) is 65.5 Å². The predicted molar refractivity (Wildman–Crippen MR) is 114 cm³/mol. The first-order valence-electron chi connectivity index (χ1n) is 10.4. The molecule has 1 aromatic rings.